The third kappa shape index (κ3) is 3.30. The Bertz CT molecular complexity index is 597. The van der Waals surface area contributed by atoms with Gasteiger partial charge in [-0.05, 0) is 36.0 Å². The van der Waals surface area contributed by atoms with Crippen molar-refractivity contribution in [2.24, 2.45) is 0 Å². The first-order valence-corrected chi connectivity index (χ1v) is 7.69. The Kier molecular flexibility index (Phi) is 4.30. The van der Waals surface area contributed by atoms with Gasteiger partial charge in [0.05, 0.1) is 0 Å². The molecular weight excluding hydrogens is 256 g/mol. The number of Topliss-reactive ketones (excluding diaryl/α,β-unsaturated/α-hetero) is 1. The first-order valence-electron chi connectivity index (χ1n) is 7.69. The minimum absolute atomic E-state index is 0.381. The Hall–Kier alpha value is -2.15. The molecule has 1 aliphatic rings. The van der Waals surface area contributed by atoms with Gasteiger partial charge >= 0.3 is 0 Å². The normalized spacial score (nSPS) is 15.6. The monoisotopic (exact) mass is 276 g/mol. The first-order chi connectivity index (χ1) is 10.3. The molecule has 0 aromatic heterocycles. The van der Waals surface area contributed by atoms with Crippen LogP contribution in [0.3, 0.4) is 0 Å². The van der Waals surface area contributed by atoms with Crippen LogP contribution in [-0.2, 0) is 4.79 Å². The molecule has 0 saturated heterocycles. The predicted molar refractivity (Wildman–Crippen MR) is 87.0 cm³/mol. The molecule has 106 valence electrons. The second kappa shape index (κ2) is 6.53. The van der Waals surface area contributed by atoms with Crippen molar-refractivity contribution >= 4 is 11.4 Å². The average Bonchev–Trinajstić information content (AvgIpc) is 2.74. The van der Waals surface area contributed by atoms with Crippen LogP contribution in [0.1, 0.15) is 43.2 Å². The second-order valence-electron chi connectivity index (χ2n) is 5.63. The second-order valence-corrected chi connectivity index (χ2v) is 5.63. The SMILES string of the molecule is O=C1CCCCC(=C(c2ccccc2)c2ccccc2)C1. The van der Waals surface area contributed by atoms with E-state index in [1.807, 2.05) is 12.1 Å². The van der Waals surface area contributed by atoms with Crippen molar-refractivity contribution in [3.05, 3.63) is 77.4 Å². The predicted octanol–water partition coefficient (Wildman–Crippen LogP) is 5.02. The van der Waals surface area contributed by atoms with E-state index in [-0.39, 0.29) is 0 Å². The Labute approximate surface area is 126 Å². The number of carbonyl (C=O) groups is 1. The lowest BCUT2D eigenvalue weighted by Crippen LogP contribution is -2.00. The first kappa shape index (κ1) is 13.8. The van der Waals surface area contributed by atoms with Crippen LogP contribution in [0.2, 0.25) is 0 Å². The average molecular weight is 276 g/mol. The summed E-state index contributed by atoms with van der Waals surface area (Å²) in [7, 11) is 0. The standard InChI is InChI=1S/C20H20O/c21-19-14-8-7-13-18(15-19)20(16-9-3-1-4-10-16)17-11-5-2-6-12-17/h1-6,9-12H,7-8,13-15H2. The molecule has 1 fully saturated rings. The minimum Gasteiger partial charge on any atom is -0.299 e. The van der Waals surface area contributed by atoms with Crippen molar-refractivity contribution in [1.82, 2.24) is 0 Å². The highest BCUT2D eigenvalue weighted by Gasteiger charge is 2.17. The topological polar surface area (TPSA) is 17.1 Å². The maximum atomic E-state index is 12.0. The van der Waals surface area contributed by atoms with Crippen LogP contribution >= 0.6 is 0 Å². The Morgan fingerprint density at radius 1 is 0.714 bits per heavy atom. The highest BCUT2D eigenvalue weighted by atomic mass is 16.1. The van der Waals surface area contributed by atoms with Crippen molar-refractivity contribution in [2.75, 3.05) is 0 Å². The fourth-order valence-electron chi connectivity index (χ4n) is 3.07. The summed E-state index contributed by atoms with van der Waals surface area (Å²) in [6, 6.07) is 20.9. The molecule has 1 nitrogen and oxygen atoms in total. The number of carbonyl (C=O) groups excluding carboxylic acids is 1. The quantitative estimate of drug-likeness (QED) is 0.704. The van der Waals surface area contributed by atoms with Crippen molar-refractivity contribution in [1.29, 1.82) is 0 Å². The van der Waals surface area contributed by atoms with Crippen molar-refractivity contribution in [3.63, 3.8) is 0 Å². The van der Waals surface area contributed by atoms with E-state index in [0.29, 0.717) is 12.2 Å². The molecule has 0 bridgehead atoms. The molecule has 2 aromatic carbocycles. The maximum absolute atomic E-state index is 12.0. The number of hydrogen-bond donors (Lipinski definition) is 0. The lowest BCUT2D eigenvalue weighted by atomic mass is 9.89. The van der Waals surface area contributed by atoms with Gasteiger partial charge in [0, 0.05) is 12.8 Å². The van der Waals surface area contributed by atoms with Crippen LogP contribution in [0, 0.1) is 0 Å². The molecule has 0 radical (unpaired) electrons. The molecule has 21 heavy (non-hydrogen) atoms. The molecule has 1 heteroatoms. The molecule has 2 aromatic rings. The number of benzene rings is 2. The van der Waals surface area contributed by atoms with Gasteiger partial charge in [0.25, 0.3) is 0 Å². The van der Waals surface area contributed by atoms with Crippen molar-refractivity contribution in [3.8, 4) is 0 Å². The fraction of sp³-hybridized carbons (Fsp3) is 0.250. The summed E-state index contributed by atoms with van der Waals surface area (Å²) in [5.41, 5.74) is 4.99. The Morgan fingerprint density at radius 2 is 1.24 bits per heavy atom. The van der Waals surface area contributed by atoms with E-state index in [9.17, 15) is 4.79 Å². The Morgan fingerprint density at radius 3 is 1.81 bits per heavy atom. The fourth-order valence-corrected chi connectivity index (χ4v) is 3.07. The summed E-state index contributed by atoms with van der Waals surface area (Å²) in [6.07, 6.45) is 4.52. The smallest absolute Gasteiger partial charge is 0.136 e. The van der Waals surface area contributed by atoms with Gasteiger partial charge in [-0.15, -0.1) is 0 Å². The molecular formula is C20H20O. The van der Waals surface area contributed by atoms with E-state index in [0.717, 1.165) is 25.7 Å². The summed E-state index contributed by atoms with van der Waals surface area (Å²) in [5.74, 6) is 0.381. The van der Waals surface area contributed by atoms with E-state index < -0.39 is 0 Å². The molecule has 0 heterocycles. The van der Waals surface area contributed by atoms with Gasteiger partial charge in [-0.3, -0.25) is 4.79 Å². The van der Waals surface area contributed by atoms with Gasteiger partial charge in [0.2, 0.25) is 0 Å². The van der Waals surface area contributed by atoms with Crippen LogP contribution in [0.4, 0.5) is 0 Å². The third-order valence-corrected chi connectivity index (χ3v) is 4.07. The van der Waals surface area contributed by atoms with Crippen LogP contribution in [-0.4, -0.2) is 5.78 Å². The van der Waals surface area contributed by atoms with E-state index in [1.54, 1.807) is 0 Å². The number of allylic oxidation sites excluding steroid dienone is 1. The summed E-state index contributed by atoms with van der Waals surface area (Å²) in [5, 5.41) is 0. The summed E-state index contributed by atoms with van der Waals surface area (Å²) in [6.45, 7) is 0. The molecule has 0 aliphatic heterocycles. The maximum Gasteiger partial charge on any atom is 0.136 e. The summed E-state index contributed by atoms with van der Waals surface area (Å²) >= 11 is 0. The lowest BCUT2D eigenvalue weighted by molar-refractivity contribution is -0.118. The highest BCUT2D eigenvalue weighted by molar-refractivity contribution is 5.88. The van der Waals surface area contributed by atoms with Crippen molar-refractivity contribution < 1.29 is 4.79 Å². The van der Waals surface area contributed by atoms with Gasteiger partial charge in [-0.25, -0.2) is 0 Å². The molecule has 0 spiro atoms. The van der Waals surface area contributed by atoms with Crippen molar-refractivity contribution in [2.45, 2.75) is 32.1 Å². The number of ketones is 1. The largest absolute Gasteiger partial charge is 0.299 e. The zero-order valence-corrected chi connectivity index (χ0v) is 12.2. The molecule has 0 atom stereocenters. The number of hydrogen-bond acceptors (Lipinski definition) is 1. The summed E-state index contributed by atoms with van der Waals surface area (Å²) < 4.78 is 0. The van der Waals surface area contributed by atoms with Crippen LogP contribution < -0.4 is 0 Å². The molecule has 1 saturated carbocycles. The minimum atomic E-state index is 0.381. The molecule has 0 amide bonds. The number of rotatable bonds is 2. The van der Waals surface area contributed by atoms with Gasteiger partial charge in [0.15, 0.2) is 0 Å². The molecule has 0 N–H and O–H groups in total. The van der Waals surface area contributed by atoms with E-state index >= 15 is 0 Å². The van der Waals surface area contributed by atoms with E-state index in [2.05, 4.69) is 48.5 Å². The zero-order chi connectivity index (χ0) is 14.5. The zero-order valence-electron chi connectivity index (χ0n) is 12.2. The van der Waals surface area contributed by atoms with E-state index in [4.69, 9.17) is 0 Å². The van der Waals surface area contributed by atoms with Gasteiger partial charge < -0.3 is 0 Å². The lowest BCUT2D eigenvalue weighted by Gasteiger charge is -2.15. The van der Waals surface area contributed by atoms with Gasteiger partial charge in [-0.2, -0.15) is 0 Å². The van der Waals surface area contributed by atoms with Crippen LogP contribution in [0.25, 0.3) is 5.57 Å². The molecule has 0 unspecified atom stereocenters. The van der Waals surface area contributed by atoms with Crippen LogP contribution in [0.5, 0.6) is 0 Å². The Balaban J connectivity index is 2.14. The van der Waals surface area contributed by atoms with E-state index in [1.165, 1.54) is 22.3 Å². The molecule has 3 rings (SSSR count). The molecule has 1 aliphatic carbocycles. The van der Waals surface area contributed by atoms with Gasteiger partial charge in [-0.1, -0.05) is 66.2 Å². The highest BCUT2D eigenvalue weighted by Crippen LogP contribution is 2.33. The summed E-state index contributed by atoms with van der Waals surface area (Å²) in [4.78, 5) is 12.0. The third-order valence-electron chi connectivity index (χ3n) is 4.07. The van der Waals surface area contributed by atoms with Crippen LogP contribution in [0.15, 0.2) is 66.2 Å². The van der Waals surface area contributed by atoms with Gasteiger partial charge in [0.1, 0.15) is 5.78 Å².